The second-order valence-corrected chi connectivity index (χ2v) is 9.20. The fraction of sp³-hybridized carbons (Fsp3) is 0.190. The molecule has 3 aromatic carbocycles. The van der Waals surface area contributed by atoms with Crippen LogP contribution in [0.25, 0.3) is 10.8 Å². The van der Waals surface area contributed by atoms with Crippen molar-refractivity contribution < 1.29 is 17.6 Å². The van der Waals surface area contributed by atoms with Gasteiger partial charge in [-0.15, -0.1) is 0 Å². The number of fused-ring (bicyclic) bond motifs is 1. The highest BCUT2D eigenvalue weighted by Crippen LogP contribution is 2.24. The van der Waals surface area contributed by atoms with Crippen molar-refractivity contribution in [3.8, 4) is 0 Å². The summed E-state index contributed by atoms with van der Waals surface area (Å²) >= 11 is 5.87. The van der Waals surface area contributed by atoms with E-state index in [1.807, 2.05) is 24.3 Å². The lowest BCUT2D eigenvalue weighted by Crippen LogP contribution is -2.50. The maximum atomic E-state index is 14.0. The van der Waals surface area contributed by atoms with Gasteiger partial charge < -0.3 is 4.90 Å². The minimum absolute atomic E-state index is 0.108. The molecule has 0 spiro atoms. The van der Waals surface area contributed by atoms with E-state index in [0.717, 1.165) is 16.8 Å². The third-order valence-electron chi connectivity index (χ3n) is 5.04. The van der Waals surface area contributed by atoms with Gasteiger partial charge in [-0.1, -0.05) is 41.9 Å². The normalized spacial score (nSPS) is 15.6. The first-order valence-electron chi connectivity index (χ1n) is 9.09. The molecule has 1 heterocycles. The minimum atomic E-state index is -3.68. The molecule has 29 heavy (non-hydrogen) atoms. The topological polar surface area (TPSA) is 57.7 Å². The molecule has 0 unspecified atom stereocenters. The maximum Gasteiger partial charge on any atom is 0.256 e. The highest BCUT2D eigenvalue weighted by atomic mass is 35.5. The summed E-state index contributed by atoms with van der Waals surface area (Å²) in [6, 6.07) is 16.4. The van der Waals surface area contributed by atoms with E-state index < -0.39 is 21.7 Å². The molecule has 1 aliphatic heterocycles. The molecule has 5 nitrogen and oxygen atoms in total. The Hall–Kier alpha value is -2.48. The van der Waals surface area contributed by atoms with Crippen LogP contribution >= 0.6 is 11.6 Å². The number of amides is 1. The zero-order valence-electron chi connectivity index (χ0n) is 15.4. The first-order chi connectivity index (χ1) is 13.9. The summed E-state index contributed by atoms with van der Waals surface area (Å²) in [7, 11) is -3.68. The maximum absolute atomic E-state index is 14.0. The Morgan fingerprint density at radius 3 is 2.31 bits per heavy atom. The molecule has 0 atom stereocenters. The summed E-state index contributed by atoms with van der Waals surface area (Å²) in [5, 5.41) is 2.08. The van der Waals surface area contributed by atoms with Gasteiger partial charge in [-0.2, -0.15) is 4.31 Å². The minimum Gasteiger partial charge on any atom is -0.336 e. The predicted octanol–water partition coefficient (Wildman–Crippen LogP) is 3.78. The number of carbonyl (C=O) groups excluding carboxylic acids is 1. The summed E-state index contributed by atoms with van der Waals surface area (Å²) < 4.78 is 41.4. The van der Waals surface area contributed by atoms with Gasteiger partial charge in [-0.3, -0.25) is 4.79 Å². The first-order valence-corrected chi connectivity index (χ1v) is 10.9. The standard InChI is InChI=1S/C21H18ClFN2O3S/c22-17-6-8-20(23)19(14-17)21(26)24-9-11-25(12-10-24)29(27,28)18-7-5-15-3-1-2-4-16(15)13-18/h1-8,13-14H,9-12H2. The van der Waals surface area contributed by atoms with Gasteiger partial charge in [0.1, 0.15) is 5.82 Å². The quantitative estimate of drug-likeness (QED) is 0.633. The lowest BCUT2D eigenvalue weighted by molar-refractivity contribution is 0.0693. The van der Waals surface area contributed by atoms with Crippen LogP contribution in [0.15, 0.2) is 65.6 Å². The molecule has 0 saturated carbocycles. The van der Waals surface area contributed by atoms with E-state index in [9.17, 15) is 17.6 Å². The largest absolute Gasteiger partial charge is 0.336 e. The third kappa shape index (κ3) is 3.85. The molecule has 4 rings (SSSR count). The third-order valence-corrected chi connectivity index (χ3v) is 7.17. The van der Waals surface area contributed by atoms with Crippen molar-refractivity contribution in [2.45, 2.75) is 4.90 Å². The number of sulfonamides is 1. The van der Waals surface area contributed by atoms with Crippen molar-refractivity contribution in [3.05, 3.63) is 77.1 Å². The van der Waals surface area contributed by atoms with Crippen LogP contribution in [-0.2, 0) is 10.0 Å². The van der Waals surface area contributed by atoms with Gasteiger partial charge in [0.25, 0.3) is 5.91 Å². The zero-order chi connectivity index (χ0) is 20.6. The van der Waals surface area contributed by atoms with E-state index in [-0.39, 0.29) is 41.7 Å². The van der Waals surface area contributed by atoms with Crippen LogP contribution in [0.2, 0.25) is 5.02 Å². The van der Waals surface area contributed by atoms with Gasteiger partial charge in [-0.05, 0) is 41.1 Å². The van der Waals surface area contributed by atoms with Crippen molar-refractivity contribution in [2.24, 2.45) is 0 Å². The van der Waals surface area contributed by atoms with Crippen LogP contribution < -0.4 is 0 Å². The van der Waals surface area contributed by atoms with E-state index in [1.54, 1.807) is 18.2 Å². The number of piperazine rings is 1. The van der Waals surface area contributed by atoms with Gasteiger partial charge in [0.2, 0.25) is 10.0 Å². The Morgan fingerprint density at radius 2 is 1.59 bits per heavy atom. The van der Waals surface area contributed by atoms with Crippen LogP contribution in [-0.4, -0.2) is 49.7 Å². The van der Waals surface area contributed by atoms with Gasteiger partial charge in [-0.25, -0.2) is 12.8 Å². The fourth-order valence-electron chi connectivity index (χ4n) is 3.44. The van der Waals surface area contributed by atoms with Crippen LogP contribution in [0.4, 0.5) is 4.39 Å². The predicted molar refractivity (Wildman–Crippen MR) is 110 cm³/mol. The molecule has 0 bridgehead atoms. The summed E-state index contributed by atoms with van der Waals surface area (Å²) in [6.07, 6.45) is 0. The van der Waals surface area contributed by atoms with Gasteiger partial charge in [0.05, 0.1) is 10.5 Å². The molecule has 0 aliphatic carbocycles. The Kier molecular flexibility index (Phi) is 5.29. The van der Waals surface area contributed by atoms with Crippen molar-refractivity contribution in [2.75, 3.05) is 26.2 Å². The second kappa shape index (κ2) is 7.74. The van der Waals surface area contributed by atoms with E-state index in [2.05, 4.69) is 0 Å². The van der Waals surface area contributed by atoms with Crippen LogP contribution in [0.5, 0.6) is 0 Å². The smallest absolute Gasteiger partial charge is 0.256 e. The van der Waals surface area contributed by atoms with Gasteiger partial charge in [0.15, 0.2) is 0 Å². The first kappa shape index (κ1) is 19.8. The van der Waals surface area contributed by atoms with Crippen LogP contribution in [0.3, 0.4) is 0 Å². The second-order valence-electron chi connectivity index (χ2n) is 6.83. The Bertz CT molecular complexity index is 1190. The number of hydrogen-bond acceptors (Lipinski definition) is 3. The SMILES string of the molecule is O=C(c1cc(Cl)ccc1F)N1CCN(S(=O)(=O)c2ccc3ccccc3c2)CC1. The molecule has 3 aromatic rings. The lowest BCUT2D eigenvalue weighted by atomic mass is 10.1. The molecule has 1 fully saturated rings. The van der Waals surface area contributed by atoms with Crippen molar-refractivity contribution in [3.63, 3.8) is 0 Å². The van der Waals surface area contributed by atoms with E-state index >= 15 is 0 Å². The molecule has 1 saturated heterocycles. The number of rotatable bonds is 3. The molecule has 1 amide bonds. The number of halogens is 2. The number of hydrogen-bond donors (Lipinski definition) is 0. The summed E-state index contributed by atoms with van der Waals surface area (Å²) in [5.41, 5.74) is -0.108. The highest BCUT2D eigenvalue weighted by Gasteiger charge is 2.31. The Labute approximate surface area is 173 Å². The molecule has 0 N–H and O–H groups in total. The molecule has 8 heteroatoms. The van der Waals surface area contributed by atoms with Crippen molar-refractivity contribution >= 4 is 38.3 Å². The van der Waals surface area contributed by atoms with Crippen molar-refractivity contribution in [1.82, 2.24) is 9.21 Å². The average molecular weight is 433 g/mol. The fourth-order valence-corrected chi connectivity index (χ4v) is 5.07. The summed E-state index contributed by atoms with van der Waals surface area (Å²) in [4.78, 5) is 14.3. The average Bonchev–Trinajstić information content (AvgIpc) is 2.74. The van der Waals surface area contributed by atoms with Crippen molar-refractivity contribution in [1.29, 1.82) is 0 Å². The molecule has 150 valence electrons. The molecule has 0 radical (unpaired) electrons. The number of carbonyl (C=O) groups is 1. The molecule has 1 aliphatic rings. The summed E-state index contributed by atoms with van der Waals surface area (Å²) in [6.45, 7) is 0.640. The zero-order valence-corrected chi connectivity index (χ0v) is 17.0. The van der Waals surface area contributed by atoms with Crippen LogP contribution in [0, 0.1) is 5.82 Å². The van der Waals surface area contributed by atoms with E-state index in [4.69, 9.17) is 11.6 Å². The highest BCUT2D eigenvalue weighted by molar-refractivity contribution is 7.89. The number of nitrogens with zero attached hydrogens (tertiary/aromatic N) is 2. The van der Waals surface area contributed by atoms with E-state index in [1.165, 1.54) is 21.3 Å². The molecule has 0 aromatic heterocycles. The van der Waals surface area contributed by atoms with Gasteiger partial charge in [0, 0.05) is 31.2 Å². The van der Waals surface area contributed by atoms with Gasteiger partial charge >= 0.3 is 0 Å². The number of benzene rings is 3. The Morgan fingerprint density at radius 1 is 0.897 bits per heavy atom. The monoisotopic (exact) mass is 432 g/mol. The molecular formula is C21H18ClFN2O3S. The molecular weight excluding hydrogens is 415 g/mol. The lowest BCUT2D eigenvalue weighted by Gasteiger charge is -2.34. The Balaban J connectivity index is 1.51. The van der Waals surface area contributed by atoms with Crippen LogP contribution in [0.1, 0.15) is 10.4 Å². The summed E-state index contributed by atoms with van der Waals surface area (Å²) in [5.74, 6) is -1.14. The van der Waals surface area contributed by atoms with E-state index in [0.29, 0.717) is 0 Å².